The van der Waals surface area contributed by atoms with Crippen molar-refractivity contribution in [3.8, 4) is 0 Å². The van der Waals surface area contributed by atoms with Gasteiger partial charge < -0.3 is 4.90 Å². The van der Waals surface area contributed by atoms with Gasteiger partial charge in [0.15, 0.2) is 0 Å². The summed E-state index contributed by atoms with van der Waals surface area (Å²) in [5.74, 6) is 0. The Morgan fingerprint density at radius 2 is 1.45 bits per heavy atom. The molecule has 20 heavy (non-hydrogen) atoms. The quantitative estimate of drug-likeness (QED) is 0.580. The van der Waals surface area contributed by atoms with Crippen molar-refractivity contribution in [2.45, 2.75) is 27.7 Å². The van der Waals surface area contributed by atoms with Gasteiger partial charge >= 0.3 is 0 Å². The summed E-state index contributed by atoms with van der Waals surface area (Å²) < 4.78 is 0. The number of nitrogens with zero attached hydrogens (tertiary/aromatic N) is 2. The molecule has 0 unspecified atom stereocenters. The summed E-state index contributed by atoms with van der Waals surface area (Å²) in [4.78, 5) is 6.65. The zero-order chi connectivity index (χ0) is 14.7. The first kappa shape index (κ1) is 14.3. The normalized spacial score (nSPS) is 11.1. The molecule has 0 fully saturated rings. The van der Waals surface area contributed by atoms with Crippen LogP contribution in [0, 0.1) is 27.7 Å². The van der Waals surface area contributed by atoms with E-state index in [0.717, 1.165) is 5.69 Å². The predicted octanol–water partition coefficient (Wildman–Crippen LogP) is 4.72. The molecule has 0 saturated carbocycles. The van der Waals surface area contributed by atoms with Crippen molar-refractivity contribution in [3.05, 3.63) is 58.7 Å². The molecule has 0 aliphatic carbocycles. The number of anilines is 1. The maximum atomic E-state index is 4.59. The summed E-state index contributed by atoms with van der Waals surface area (Å²) in [5, 5.41) is 0. The molecule has 2 heteroatoms. The average Bonchev–Trinajstić information content (AvgIpc) is 2.37. The van der Waals surface area contributed by atoms with Crippen LogP contribution in [0.1, 0.15) is 22.3 Å². The van der Waals surface area contributed by atoms with Crippen molar-refractivity contribution in [2.24, 2.45) is 4.99 Å². The largest absolute Gasteiger partial charge is 0.335 e. The van der Waals surface area contributed by atoms with E-state index in [9.17, 15) is 0 Å². The standard InChI is InChI=1S/C18H22N2/c1-13-6-8-17(15(3)10-13)19-12-20(5)18-9-7-14(2)11-16(18)4/h6-12H,1-5H3. The Morgan fingerprint density at radius 1 is 0.850 bits per heavy atom. The second kappa shape index (κ2) is 5.91. The summed E-state index contributed by atoms with van der Waals surface area (Å²) in [6.07, 6.45) is 1.88. The monoisotopic (exact) mass is 266 g/mol. The fourth-order valence-corrected chi connectivity index (χ4v) is 2.36. The second-order valence-electron chi connectivity index (χ2n) is 5.44. The molecule has 0 spiro atoms. The molecule has 0 bridgehead atoms. The molecule has 0 heterocycles. The third-order valence-corrected chi connectivity index (χ3v) is 3.45. The molecule has 2 aromatic rings. The zero-order valence-corrected chi connectivity index (χ0v) is 12.9. The lowest BCUT2D eigenvalue weighted by Gasteiger charge is -2.16. The Morgan fingerprint density at radius 3 is 2.05 bits per heavy atom. The first-order valence-corrected chi connectivity index (χ1v) is 6.89. The smallest absolute Gasteiger partial charge is 0.0954 e. The second-order valence-corrected chi connectivity index (χ2v) is 5.44. The van der Waals surface area contributed by atoms with E-state index in [2.05, 4.69) is 74.0 Å². The highest BCUT2D eigenvalue weighted by Crippen LogP contribution is 2.21. The minimum atomic E-state index is 1.02. The molecule has 2 rings (SSSR count). The third kappa shape index (κ3) is 3.27. The first-order chi connectivity index (χ1) is 9.47. The van der Waals surface area contributed by atoms with Crippen LogP contribution in [0.25, 0.3) is 0 Å². The maximum Gasteiger partial charge on any atom is 0.0954 e. The van der Waals surface area contributed by atoms with E-state index in [0.29, 0.717) is 0 Å². The summed E-state index contributed by atoms with van der Waals surface area (Å²) >= 11 is 0. The van der Waals surface area contributed by atoms with Gasteiger partial charge in [0.1, 0.15) is 0 Å². The Balaban J connectivity index is 2.22. The molecule has 0 saturated heterocycles. The lowest BCUT2D eigenvalue weighted by Crippen LogP contribution is -2.15. The van der Waals surface area contributed by atoms with E-state index in [-0.39, 0.29) is 0 Å². The van der Waals surface area contributed by atoms with Crippen LogP contribution in [-0.4, -0.2) is 13.4 Å². The lowest BCUT2D eigenvalue weighted by atomic mass is 10.1. The van der Waals surface area contributed by atoms with Crippen LogP contribution >= 0.6 is 0 Å². The van der Waals surface area contributed by atoms with Gasteiger partial charge in [0.05, 0.1) is 12.0 Å². The van der Waals surface area contributed by atoms with Crippen molar-refractivity contribution in [1.82, 2.24) is 0 Å². The zero-order valence-electron chi connectivity index (χ0n) is 12.9. The van der Waals surface area contributed by atoms with Crippen LogP contribution in [0.2, 0.25) is 0 Å². The molecular formula is C18H22N2. The van der Waals surface area contributed by atoms with E-state index >= 15 is 0 Å². The van der Waals surface area contributed by atoms with Gasteiger partial charge in [-0.25, -0.2) is 4.99 Å². The molecule has 0 aliphatic rings. The predicted molar refractivity (Wildman–Crippen MR) is 88.4 cm³/mol. The number of aryl methyl sites for hydroxylation is 4. The molecule has 2 nitrogen and oxygen atoms in total. The first-order valence-electron chi connectivity index (χ1n) is 6.89. The maximum absolute atomic E-state index is 4.59. The van der Waals surface area contributed by atoms with E-state index in [1.807, 2.05) is 13.4 Å². The molecule has 2 aromatic carbocycles. The van der Waals surface area contributed by atoms with E-state index < -0.39 is 0 Å². The molecule has 0 N–H and O–H groups in total. The van der Waals surface area contributed by atoms with Crippen LogP contribution in [-0.2, 0) is 0 Å². The Kier molecular flexibility index (Phi) is 4.23. The van der Waals surface area contributed by atoms with Crippen LogP contribution in [0.5, 0.6) is 0 Å². The third-order valence-electron chi connectivity index (χ3n) is 3.45. The lowest BCUT2D eigenvalue weighted by molar-refractivity contribution is 1.23. The Bertz CT molecular complexity index is 642. The van der Waals surface area contributed by atoms with Crippen LogP contribution in [0.3, 0.4) is 0 Å². The van der Waals surface area contributed by atoms with Crippen molar-refractivity contribution >= 4 is 17.7 Å². The fourth-order valence-electron chi connectivity index (χ4n) is 2.36. The number of hydrogen-bond donors (Lipinski definition) is 0. The van der Waals surface area contributed by atoms with Gasteiger partial charge in [-0.15, -0.1) is 0 Å². The highest BCUT2D eigenvalue weighted by molar-refractivity contribution is 5.82. The molecule has 104 valence electrons. The van der Waals surface area contributed by atoms with Gasteiger partial charge in [-0.3, -0.25) is 0 Å². The summed E-state index contributed by atoms with van der Waals surface area (Å²) in [6, 6.07) is 12.8. The Hall–Kier alpha value is -2.09. The molecule has 0 amide bonds. The van der Waals surface area contributed by atoms with Crippen molar-refractivity contribution in [3.63, 3.8) is 0 Å². The van der Waals surface area contributed by atoms with Crippen molar-refractivity contribution in [2.75, 3.05) is 11.9 Å². The van der Waals surface area contributed by atoms with Crippen molar-refractivity contribution < 1.29 is 0 Å². The minimum absolute atomic E-state index is 1.02. The Labute approximate surface area is 121 Å². The minimum Gasteiger partial charge on any atom is -0.335 e. The summed E-state index contributed by atoms with van der Waals surface area (Å²) in [6.45, 7) is 8.43. The average molecular weight is 266 g/mol. The van der Waals surface area contributed by atoms with Crippen LogP contribution < -0.4 is 4.90 Å². The summed E-state index contributed by atoms with van der Waals surface area (Å²) in [5.41, 5.74) is 7.22. The number of benzene rings is 2. The molecule has 0 aromatic heterocycles. The highest BCUT2D eigenvalue weighted by Gasteiger charge is 2.02. The number of rotatable bonds is 3. The van der Waals surface area contributed by atoms with Gasteiger partial charge in [0.2, 0.25) is 0 Å². The highest BCUT2D eigenvalue weighted by atomic mass is 15.1. The molecular weight excluding hydrogens is 244 g/mol. The summed E-state index contributed by atoms with van der Waals surface area (Å²) in [7, 11) is 2.03. The van der Waals surface area contributed by atoms with Gasteiger partial charge in [-0.1, -0.05) is 35.4 Å². The molecule has 0 radical (unpaired) electrons. The van der Waals surface area contributed by atoms with Gasteiger partial charge in [-0.2, -0.15) is 0 Å². The van der Waals surface area contributed by atoms with Gasteiger partial charge in [0.25, 0.3) is 0 Å². The van der Waals surface area contributed by atoms with Crippen LogP contribution in [0.4, 0.5) is 11.4 Å². The van der Waals surface area contributed by atoms with E-state index in [1.54, 1.807) is 0 Å². The van der Waals surface area contributed by atoms with Crippen molar-refractivity contribution in [1.29, 1.82) is 0 Å². The van der Waals surface area contributed by atoms with Gasteiger partial charge in [-0.05, 0) is 51.0 Å². The molecule has 0 atom stereocenters. The van der Waals surface area contributed by atoms with Gasteiger partial charge in [0, 0.05) is 12.7 Å². The topological polar surface area (TPSA) is 15.6 Å². The fraction of sp³-hybridized carbons (Fsp3) is 0.278. The van der Waals surface area contributed by atoms with E-state index in [4.69, 9.17) is 0 Å². The van der Waals surface area contributed by atoms with Crippen LogP contribution in [0.15, 0.2) is 41.4 Å². The SMILES string of the molecule is Cc1ccc(N=CN(C)c2ccc(C)cc2C)c(C)c1. The number of hydrogen-bond acceptors (Lipinski definition) is 1. The molecule has 0 aliphatic heterocycles. The number of aliphatic imine (C=N–C) groups is 1. The van der Waals surface area contributed by atoms with E-state index in [1.165, 1.54) is 27.9 Å².